The Labute approximate surface area is 92.8 Å². The topological polar surface area (TPSA) is 32.6 Å². The minimum Gasteiger partial charge on any atom is -0.411 e. The van der Waals surface area contributed by atoms with E-state index in [0.717, 1.165) is 18.6 Å². The van der Waals surface area contributed by atoms with Crippen LogP contribution in [0.15, 0.2) is 5.16 Å². The van der Waals surface area contributed by atoms with Gasteiger partial charge >= 0.3 is 0 Å². The molecule has 86 valence electrons. The van der Waals surface area contributed by atoms with E-state index in [1.54, 1.807) is 0 Å². The van der Waals surface area contributed by atoms with Gasteiger partial charge in [0.05, 0.1) is 5.71 Å². The smallest absolute Gasteiger partial charge is 0.0577 e. The molecule has 0 spiro atoms. The van der Waals surface area contributed by atoms with Crippen LogP contribution in [0.2, 0.25) is 0 Å². The van der Waals surface area contributed by atoms with E-state index >= 15 is 0 Å². The molecule has 0 aliphatic heterocycles. The van der Waals surface area contributed by atoms with Gasteiger partial charge in [0.2, 0.25) is 0 Å². The zero-order chi connectivity index (χ0) is 11.3. The molecule has 0 radical (unpaired) electrons. The van der Waals surface area contributed by atoms with Crippen molar-refractivity contribution in [3.8, 4) is 0 Å². The molecule has 2 saturated carbocycles. The lowest BCUT2D eigenvalue weighted by Gasteiger charge is -2.49. The first kappa shape index (κ1) is 11.0. The molecule has 0 unspecified atom stereocenters. The maximum Gasteiger partial charge on any atom is 0.0577 e. The molecule has 0 amide bonds. The standard InChI is InChI=1S/C13H23NO/c1-12(2)5-6-13(3,4)11-8-9(14-15)7-10(11)12/h10-11,15H,5-8H2,1-4H3/b14-9-/t10-,11+/m1/s1. The molecular weight excluding hydrogens is 186 g/mol. The van der Waals surface area contributed by atoms with Crippen LogP contribution >= 0.6 is 0 Å². The van der Waals surface area contributed by atoms with Gasteiger partial charge in [-0.25, -0.2) is 0 Å². The Morgan fingerprint density at radius 1 is 1.00 bits per heavy atom. The molecule has 0 aromatic rings. The zero-order valence-electron chi connectivity index (χ0n) is 10.4. The number of hydrogen-bond donors (Lipinski definition) is 1. The van der Waals surface area contributed by atoms with Crippen LogP contribution in [-0.4, -0.2) is 10.9 Å². The van der Waals surface area contributed by atoms with Crippen LogP contribution in [-0.2, 0) is 0 Å². The maximum atomic E-state index is 8.94. The van der Waals surface area contributed by atoms with Crippen molar-refractivity contribution in [2.75, 3.05) is 0 Å². The van der Waals surface area contributed by atoms with Crippen LogP contribution in [0.5, 0.6) is 0 Å². The van der Waals surface area contributed by atoms with E-state index in [0.29, 0.717) is 22.7 Å². The van der Waals surface area contributed by atoms with Crippen molar-refractivity contribution in [2.24, 2.45) is 27.8 Å². The maximum absolute atomic E-state index is 8.94. The van der Waals surface area contributed by atoms with E-state index in [4.69, 9.17) is 5.21 Å². The number of oxime groups is 1. The highest BCUT2D eigenvalue weighted by atomic mass is 16.4. The first-order valence-electron chi connectivity index (χ1n) is 6.07. The largest absolute Gasteiger partial charge is 0.411 e. The third-order valence-corrected chi connectivity index (χ3v) is 4.96. The Morgan fingerprint density at radius 2 is 1.40 bits per heavy atom. The number of hydrogen-bond acceptors (Lipinski definition) is 2. The SMILES string of the molecule is CC1(C)CCC(C)(C)[C@H]2C/C(=N\O)C[C@H]21. The summed E-state index contributed by atoms with van der Waals surface area (Å²) >= 11 is 0. The quantitative estimate of drug-likeness (QED) is 0.479. The number of fused-ring (bicyclic) bond motifs is 1. The summed E-state index contributed by atoms with van der Waals surface area (Å²) in [5.41, 5.74) is 1.87. The molecule has 2 fully saturated rings. The lowest BCUT2D eigenvalue weighted by Crippen LogP contribution is -2.41. The van der Waals surface area contributed by atoms with Crippen molar-refractivity contribution in [2.45, 2.75) is 53.4 Å². The molecule has 0 heterocycles. The highest BCUT2D eigenvalue weighted by Crippen LogP contribution is 2.58. The summed E-state index contributed by atoms with van der Waals surface area (Å²) < 4.78 is 0. The van der Waals surface area contributed by atoms with Crippen LogP contribution in [0.25, 0.3) is 0 Å². The summed E-state index contributed by atoms with van der Waals surface area (Å²) in [6, 6.07) is 0. The predicted octanol–water partition coefficient (Wildman–Crippen LogP) is 3.69. The van der Waals surface area contributed by atoms with Gasteiger partial charge in [-0.3, -0.25) is 0 Å². The Morgan fingerprint density at radius 3 is 1.73 bits per heavy atom. The average molecular weight is 209 g/mol. The lowest BCUT2D eigenvalue weighted by molar-refractivity contribution is 0.00181. The van der Waals surface area contributed by atoms with Gasteiger partial charge < -0.3 is 5.21 Å². The summed E-state index contributed by atoms with van der Waals surface area (Å²) in [5, 5.41) is 12.4. The van der Waals surface area contributed by atoms with Gasteiger partial charge in [-0.2, -0.15) is 0 Å². The highest BCUT2D eigenvalue weighted by molar-refractivity contribution is 5.86. The van der Waals surface area contributed by atoms with Crippen LogP contribution in [0.4, 0.5) is 0 Å². The molecule has 2 aliphatic rings. The summed E-state index contributed by atoms with van der Waals surface area (Å²) in [6.45, 7) is 9.50. The fourth-order valence-corrected chi connectivity index (χ4v) is 3.61. The molecule has 2 aliphatic carbocycles. The van der Waals surface area contributed by atoms with Gasteiger partial charge in [-0.05, 0) is 48.3 Å². The molecule has 0 aromatic heterocycles. The van der Waals surface area contributed by atoms with Crippen LogP contribution in [0.1, 0.15) is 53.4 Å². The van der Waals surface area contributed by atoms with Crippen LogP contribution in [0.3, 0.4) is 0 Å². The Hall–Kier alpha value is -0.530. The first-order chi connectivity index (χ1) is 6.87. The first-order valence-corrected chi connectivity index (χ1v) is 6.07. The Balaban J connectivity index is 2.30. The van der Waals surface area contributed by atoms with Gasteiger partial charge in [-0.1, -0.05) is 32.9 Å². The van der Waals surface area contributed by atoms with Gasteiger partial charge in [0.15, 0.2) is 0 Å². The summed E-state index contributed by atoms with van der Waals surface area (Å²) in [7, 11) is 0. The molecule has 2 atom stereocenters. The van der Waals surface area contributed by atoms with Crippen molar-refractivity contribution in [3.05, 3.63) is 0 Å². The fraction of sp³-hybridized carbons (Fsp3) is 0.923. The van der Waals surface area contributed by atoms with E-state index in [-0.39, 0.29) is 0 Å². The third-order valence-electron chi connectivity index (χ3n) is 4.96. The monoisotopic (exact) mass is 209 g/mol. The predicted molar refractivity (Wildman–Crippen MR) is 62.2 cm³/mol. The van der Waals surface area contributed by atoms with Crippen molar-refractivity contribution in [1.29, 1.82) is 0 Å². The summed E-state index contributed by atoms with van der Waals surface area (Å²) in [4.78, 5) is 0. The Kier molecular flexibility index (Phi) is 2.36. The van der Waals surface area contributed by atoms with Gasteiger partial charge in [0.25, 0.3) is 0 Å². The lowest BCUT2D eigenvalue weighted by atomic mass is 9.56. The molecule has 0 saturated heterocycles. The van der Waals surface area contributed by atoms with E-state index in [2.05, 4.69) is 32.9 Å². The molecule has 0 aromatic carbocycles. The van der Waals surface area contributed by atoms with Gasteiger partial charge in [0, 0.05) is 0 Å². The van der Waals surface area contributed by atoms with E-state index in [1.165, 1.54) is 12.8 Å². The molecule has 0 bridgehead atoms. The number of rotatable bonds is 0. The molecule has 2 nitrogen and oxygen atoms in total. The fourth-order valence-electron chi connectivity index (χ4n) is 3.61. The van der Waals surface area contributed by atoms with Gasteiger partial charge in [0.1, 0.15) is 0 Å². The molecule has 15 heavy (non-hydrogen) atoms. The van der Waals surface area contributed by atoms with Crippen molar-refractivity contribution >= 4 is 5.71 Å². The van der Waals surface area contributed by atoms with Crippen molar-refractivity contribution < 1.29 is 5.21 Å². The average Bonchev–Trinajstić information content (AvgIpc) is 2.59. The van der Waals surface area contributed by atoms with Crippen LogP contribution < -0.4 is 0 Å². The second-order valence-corrected chi connectivity index (χ2v) is 6.76. The summed E-state index contributed by atoms with van der Waals surface area (Å²) in [5.74, 6) is 1.43. The normalized spacial score (nSPS) is 40.4. The summed E-state index contributed by atoms with van der Waals surface area (Å²) in [6.07, 6.45) is 4.63. The molecule has 1 N–H and O–H groups in total. The van der Waals surface area contributed by atoms with E-state index in [1.807, 2.05) is 0 Å². The van der Waals surface area contributed by atoms with Crippen molar-refractivity contribution in [1.82, 2.24) is 0 Å². The second-order valence-electron chi connectivity index (χ2n) is 6.76. The van der Waals surface area contributed by atoms with Gasteiger partial charge in [-0.15, -0.1) is 0 Å². The van der Waals surface area contributed by atoms with Crippen molar-refractivity contribution in [3.63, 3.8) is 0 Å². The Bertz CT molecular complexity index is 265. The third kappa shape index (κ3) is 1.68. The van der Waals surface area contributed by atoms with Crippen LogP contribution in [0, 0.1) is 22.7 Å². The minimum atomic E-state index is 0.423. The van der Waals surface area contributed by atoms with E-state index < -0.39 is 0 Å². The minimum absolute atomic E-state index is 0.423. The molecular formula is C13H23NO. The highest BCUT2D eigenvalue weighted by Gasteiger charge is 2.51. The molecule has 2 rings (SSSR count). The zero-order valence-corrected chi connectivity index (χ0v) is 10.4. The second kappa shape index (κ2) is 3.23. The molecule has 2 heteroatoms. The number of nitrogens with zero attached hydrogens (tertiary/aromatic N) is 1. The van der Waals surface area contributed by atoms with E-state index in [9.17, 15) is 0 Å².